The maximum atomic E-state index is 13.1. The van der Waals surface area contributed by atoms with Crippen LogP contribution < -0.4 is 20.1 Å². The molecule has 0 aromatic heterocycles. The number of rotatable bonds is 4. The van der Waals surface area contributed by atoms with Crippen molar-refractivity contribution in [1.82, 2.24) is 10.6 Å². The fourth-order valence-corrected chi connectivity index (χ4v) is 5.19. The van der Waals surface area contributed by atoms with E-state index < -0.39 is 5.54 Å². The Morgan fingerprint density at radius 1 is 0.938 bits per heavy atom. The van der Waals surface area contributed by atoms with Gasteiger partial charge in [-0.15, -0.1) is 0 Å². The summed E-state index contributed by atoms with van der Waals surface area (Å²) in [7, 11) is 3.17. The molecule has 0 saturated heterocycles. The fraction of sp³-hybridized carbons (Fsp3) is 0.231. The number of benzene rings is 3. The Morgan fingerprint density at radius 2 is 1.59 bits per heavy atom. The Morgan fingerprint density at radius 3 is 2.31 bits per heavy atom. The van der Waals surface area contributed by atoms with Crippen LogP contribution in [0.3, 0.4) is 0 Å². The summed E-state index contributed by atoms with van der Waals surface area (Å²) in [6, 6.07) is 20.2. The van der Waals surface area contributed by atoms with Gasteiger partial charge in [-0.1, -0.05) is 43.3 Å². The normalized spacial score (nSPS) is 22.8. The standard InChI is InChI=1S/C26H24N2O4/c1-15-23(27-24(29)16-9-5-4-6-10-16)18-13-21(31-2)22(32-3)14-20(18)26(15)19-12-8-7-11-17(19)25(30)28-26/h4-15,23H,1-3H3,(H,27,29)(H,28,30)/t15-,23-,26+/m0/s1. The Hall–Kier alpha value is -3.80. The van der Waals surface area contributed by atoms with Crippen molar-refractivity contribution in [3.8, 4) is 11.5 Å². The van der Waals surface area contributed by atoms with Crippen molar-refractivity contribution in [3.05, 3.63) is 94.5 Å². The highest BCUT2D eigenvalue weighted by Crippen LogP contribution is 2.56. The van der Waals surface area contributed by atoms with Crippen molar-refractivity contribution in [2.75, 3.05) is 14.2 Å². The van der Waals surface area contributed by atoms with Crippen LogP contribution in [-0.2, 0) is 5.54 Å². The molecule has 1 aliphatic carbocycles. The molecule has 32 heavy (non-hydrogen) atoms. The van der Waals surface area contributed by atoms with E-state index in [-0.39, 0.29) is 23.8 Å². The molecule has 0 fully saturated rings. The molecule has 3 aromatic rings. The minimum absolute atomic E-state index is 0.122. The zero-order chi connectivity index (χ0) is 22.5. The molecule has 5 rings (SSSR count). The first kappa shape index (κ1) is 20.1. The van der Waals surface area contributed by atoms with Crippen LogP contribution in [-0.4, -0.2) is 26.0 Å². The van der Waals surface area contributed by atoms with E-state index in [0.29, 0.717) is 22.6 Å². The topological polar surface area (TPSA) is 76.7 Å². The predicted octanol–water partition coefficient (Wildman–Crippen LogP) is 3.81. The zero-order valence-corrected chi connectivity index (χ0v) is 18.1. The Labute approximate surface area is 186 Å². The zero-order valence-electron chi connectivity index (χ0n) is 18.1. The summed E-state index contributed by atoms with van der Waals surface area (Å²) in [5.41, 5.74) is 3.16. The number of nitrogens with one attached hydrogen (secondary N) is 2. The molecular weight excluding hydrogens is 404 g/mol. The third kappa shape index (κ3) is 2.72. The lowest BCUT2D eigenvalue weighted by Gasteiger charge is -2.33. The summed E-state index contributed by atoms with van der Waals surface area (Å²) < 4.78 is 11.1. The fourth-order valence-electron chi connectivity index (χ4n) is 5.19. The van der Waals surface area contributed by atoms with Crippen LogP contribution in [0.5, 0.6) is 11.5 Å². The summed E-state index contributed by atoms with van der Waals surface area (Å²) in [4.78, 5) is 26.0. The van der Waals surface area contributed by atoms with Crippen LogP contribution >= 0.6 is 0 Å². The molecule has 2 aliphatic rings. The molecule has 1 spiro atoms. The molecule has 2 amide bonds. The van der Waals surface area contributed by atoms with Crippen molar-refractivity contribution in [1.29, 1.82) is 0 Å². The molecule has 162 valence electrons. The second-order valence-electron chi connectivity index (χ2n) is 8.21. The van der Waals surface area contributed by atoms with Crippen LogP contribution in [0.25, 0.3) is 0 Å². The minimum Gasteiger partial charge on any atom is -0.493 e. The highest BCUT2D eigenvalue weighted by Gasteiger charge is 2.57. The van der Waals surface area contributed by atoms with Crippen LogP contribution in [0.4, 0.5) is 0 Å². The van der Waals surface area contributed by atoms with Crippen LogP contribution in [0.15, 0.2) is 66.7 Å². The molecular formula is C26H24N2O4. The molecule has 0 saturated carbocycles. The molecule has 1 heterocycles. The predicted molar refractivity (Wildman–Crippen MR) is 120 cm³/mol. The van der Waals surface area contributed by atoms with Crippen LogP contribution in [0.2, 0.25) is 0 Å². The van der Waals surface area contributed by atoms with Gasteiger partial charge in [-0.2, -0.15) is 0 Å². The van der Waals surface area contributed by atoms with Gasteiger partial charge in [0.1, 0.15) is 0 Å². The molecule has 0 bridgehead atoms. The van der Waals surface area contributed by atoms with Crippen molar-refractivity contribution in [3.63, 3.8) is 0 Å². The highest BCUT2D eigenvalue weighted by molar-refractivity contribution is 6.01. The number of amides is 2. The maximum Gasteiger partial charge on any atom is 0.252 e. The number of hydrogen-bond acceptors (Lipinski definition) is 4. The first-order valence-corrected chi connectivity index (χ1v) is 10.6. The van der Waals surface area contributed by atoms with Gasteiger partial charge >= 0.3 is 0 Å². The van der Waals surface area contributed by atoms with Gasteiger partial charge in [0, 0.05) is 17.0 Å². The molecule has 3 aromatic carbocycles. The SMILES string of the molecule is COc1cc2c(cc1OC)[C@@]1(NC(=O)c3ccccc31)[C@@H](C)[C@@H]2NC(=O)c1ccccc1. The van der Waals surface area contributed by atoms with E-state index in [2.05, 4.69) is 17.6 Å². The monoisotopic (exact) mass is 428 g/mol. The molecule has 0 unspecified atom stereocenters. The van der Waals surface area contributed by atoms with Gasteiger partial charge in [0.25, 0.3) is 11.8 Å². The molecule has 6 nitrogen and oxygen atoms in total. The molecule has 2 N–H and O–H groups in total. The first-order valence-electron chi connectivity index (χ1n) is 10.6. The van der Waals surface area contributed by atoms with E-state index in [1.807, 2.05) is 54.6 Å². The lowest BCUT2D eigenvalue weighted by molar-refractivity contribution is 0.0895. The number of ether oxygens (including phenoxy) is 2. The van der Waals surface area contributed by atoms with E-state index >= 15 is 0 Å². The summed E-state index contributed by atoms with van der Waals surface area (Å²) >= 11 is 0. The van der Waals surface area contributed by atoms with Gasteiger partial charge in [0.05, 0.1) is 25.8 Å². The van der Waals surface area contributed by atoms with E-state index in [9.17, 15) is 9.59 Å². The van der Waals surface area contributed by atoms with Gasteiger partial charge in [-0.05, 0) is 47.0 Å². The van der Waals surface area contributed by atoms with Crippen molar-refractivity contribution >= 4 is 11.8 Å². The van der Waals surface area contributed by atoms with Gasteiger partial charge < -0.3 is 20.1 Å². The van der Waals surface area contributed by atoms with Gasteiger partial charge in [-0.3, -0.25) is 9.59 Å². The van der Waals surface area contributed by atoms with E-state index in [1.54, 1.807) is 26.4 Å². The Bertz CT molecular complexity index is 1220. The molecule has 3 atom stereocenters. The van der Waals surface area contributed by atoms with Crippen molar-refractivity contribution < 1.29 is 19.1 Å². The average molecular weight is 428 g/mol. The molecule has 6 heteroatoms. The second kappa shape index (κ2) is 7.41. The van der Waals surface area contributed by atoms with E-state index in [0.717, 1.165) is 16.7 Å². The summed E-state index contributed by atoms with van der Waals surface area (Å²) in [6.07, 6.45) is 0. The maximum absolute atomic E-state index is 13.1. The number of methoxy groups -OCH3 is 2. The summed E-state index contributed by atoms with van der Waals surface area (Å²) in [5, 5.41) is 6.45. The largest absolute Gasteiger partial charge is 0.493 e. The van der Waals surface area contributed by atoms with Crippen LogP contribution in [0, 0.1) is 5.92 Å². The minimum atomic E-state index is -0.781. The van der Waals surface area contributed by atoms with Gasteiger partial charge in [0.15, 0.2) is 11.5 Å². The molecule has 0 radical (unpaired) electrons. The van der Waals surface area contributed by atoms with Crippen molar-refractivity contribution in [2.24, 2.45) is 5.92 Å². The number of fused-ring (bicyclic) bond motifs is 4. The number of carbonyl (C=O) groups is 2. The van der Waals surface area contributed by atoms with Gasteiger partial charge in [0.2, 0.25) is 0 Å². The first-order chi connectivity index (χ1) is 15.5. The Balaban J connectivity index is 1.69. The smallest absolute Gasteiger partial charge is 0.252 e. The number of carbonyl (C=O) groups excluding carboxylic acids is 2. The molecule has 1 aliphatic heterocycles. The van der Waals surface area contributed by atoms with Crippen molar-refractivity contribution in [2.45, 2.75) is 18.5 Å². The quantitative estimate of drug-likeness (QED) is 0.663. The highest BCUT2D eigenvalue weighted by atomic mass is 16.5. The van der Waals surface area contributed by atoms with Gasteiger partial charge in [-0.25, -0.2) is 0 Å². The average Bonchev–Trinajstić information content (AvgIpc) is 3.25. The third-order valence-electron chi connectivity index (χ3n) is 6.73. The lowest BCUT2D eigenvalue weighted by Crippen LogP contribution is -2.46. The van der Waals surface area contributed by atoms with E-state index in [1.165, 1.54) is 0 Å². The summed E-state index contributed by atoms with van der Waals surface area (Å²) in [5.74, 6) is 0.703. The lowest BCUT2D eigenvalue weighted by atomic mass is 9.78. The van der Waals surface area contributed by atoms with Crippen LogP contribution in [0.1, 0.15) is 50.4 Å². The van der Waals surface area contributed by atoms with E-state index in [4.69, 9.17) is 9.47 Å². The Kier molecular flexibility index (Phi) is 4.66. The number of hydrogen-bond donors (Lipinski definition) is 2. The summed E-state index contributed by atoms with van der Waals surface area (Å²) in [6.45, 7) is 2.05. The second-order valence-corrected chi connectivity index (χ2v) is 8.21. The third-order valence-corrected chi connectivity index (χ3v) is 6.73.